The molecule has 1 heterocycles. The zero-order chi connectivity index (χ0) is 8.97. The summed E-state index contributed by atoms with van der Waals surface area (Å²) in [5.74, 6) is 1.75. The number of nitrogens with zero attached hydrogens (tertiary/aromatic N) is 1. The number of hydrogen-bond acceptors (Lipinski definition) is 1. The lowest BCUT2D eigenvalue weighted by Crippen LogP contribution is -2.23. The van der Waals surface area contributed by atoms with Crippen LogP contribution in [-0.4, -0.2) is 24.5 Å². The molecule has 0 aromatic carbocycles. The molecule has 1 saturated heterocycles. The summed E-state index contributed by atoms with van der Waals surface area (Å²) in [4.78, 5) is 2.61. The summed E-state index contributed by atoms with van der Waals surface area (Å²) >= 11 is 0. The fourth-order valence-electron chi connectivity index (χ4n) is 1.73. The second-order valence-corrected chi connectivity index (χ2v) is 4.56. The predicted octanol–water partition coefficient (Wildman–Crippen LogP) is 2.76. The van der Waals surface area contributed by atoms with Gasteiger partial charge in [0.1, 0.15) is 0 Å². The van der Waals surface area contributed by atoms with Gasteiger partial charge in [0, 0.05) is 0 Å². The molecule has 1 nitrogen and oxygen atoms in total. The van der Waals surface area contributed by atoms with Crippen molar-refractivity contribution < 1.29 is 0 Å². The molecule has 1 atom stereocenters. The van der Waals surface area contributed by atoms with Gasteiger partial charge in [-0.05, 0) is 50.7 Å². The van der Waals surface area contributed by atoms with Crippen molar-refractivity contribution >= 4 is 0 Å². The minimum atomic E-state index is 0.854. The molecule has 1 rings (SSSR count). The van der Waals surface area contributed by atoms with E-state index in [9.17, 15) is 0 Å². The summed E-state index contributed by atoms with van der Waals surface area (Å²) in [6.45, 7) is 11.1. The highest BCUT2D eigenvalue weighted by Crippen LogP contribution is 2.16. The Morgan fingerprint density at radius 2 is 1.67 bits per heavy atom. The zero-order valence-corrected chi connectivity index (χ0v) is 8.84. The Morgan fingerprint density at radius 1 is 1.08 bits per heavy atom. The number of hydrogen-bond donors (Lipinski definition) is 0. The third-order valence-corrected chi connectivity index (χ3v) is 3.24. The van der Waals surface area contributed by atoms with Crippen LogP contribution in [0.15, 0.2) is 0 Å². The smallest absolute Gasteiger partial charge is 0.00161 e. The fraction of sp³-hybridized carbons (Fsp3) is 1.00. The Morgan fingerprint density at radius 3 is 2.17 bits per heavy atom. The van der Waals surface area contributed by atoms with Crippen LogP contribution in [0.25, 0.3) is 0 Å². The molecule has 1 aliphatic heterocycles. The van der Waals surface area contributed by atoms with Crippen LogP contribution < -0.4 is 0 Å². The van der Waals surface area contributed by atoms with E-state index in [4.69, 9.17) is 0 Å². The van der Waals surface area contributed by atoms with Crippen LogP contribution in [0, 0.1) is 11.8 Å². The topological polar surface area (TPSA) is 3.24 Å². The standard InChI is InChI=1S/C11H23N/c1-10(2)11(3)6-9-12-7-4-5-8-12/h10-11H,4-9H2,1-3H3. The van der Waals surface area contributed by atoms with E-state index in [1.165, 1.54) is 38.9 Å². The maximum absolute atomic E-state index is 2.61. The Labute approximate surface area is 77.1 Å². The van der Waals surface area contributed by atoms with Crippen LogP contribution in [0.2, 0.25) is 0 Å². The van der Waals surface area contributed by atoms with E-state index in [0.29, 0.717) is 0 Å². The largest absolute Gasteiger partial charge is 0.303 e. The van der Waals surface area contributed by atoms with Gasteiger partial charge in [-0.25, -0.2) is 0 Å². The molecule has 0 saturated carbocycles. The van der Waals surface area contributed by atoms with Crippen molar-refractivity contribution in [3.63, 3.8) is 0 Å². The quantitative estimate of drug-likeness (QED) is 0.625. The van der Waals surface area contributed by atoms with Crippen LogP contribution in [-0.2, 0) is 0 Å². The van der Waals surface area contributed by atoms with Crippen LogP contribution in [0.5, 0.6) is 0 Å². The molecular formula is C11H23N. The predicted molar refractivity (Wildman–Crippen MR) is 54.3 cm³/mol. The summed E-state index contributed by atoms with van der Waals surface area (Å²) in [5.41, 5.74) is 0. The summed E-state index contributed by atoms with van der Waals surface area (Å²) < 4.78 is 0. The van der Waals surface area contributed by atoms with Crippen molar-refractivity contribution in [3.05, 3.63) is 0 Å². The second kappa shape index (κ2) is 4.86. The van der Waals surface area contributed by atoms with Gasteiger partial charge in [-0.3, -0.25) is 0 Å². The summed E-state index contributed by atoms with van der Waals surface area (Å²) in [7, 11) is 0. The van der Waals surface area contributed by atoms with Crippen molar-refractivity contribution in [1.82, 2.24) is 4.90 Å². The third-order valence-electron chi connectivity index (χ3n) is 3.24. The molecule has 72 valence electrons. The lowest BCUT2D eigenvalue weighted by Gasteiger charge is -2.20. The molecule has 0 bridgehead atoms. The van der Waals surface area contributed by atoms with E-state index in [2.05, 4.69) is 25.7 Å². The highest BCUT2D eigenvalue weighted by Gasteiger charge is 2.13. The van der Waals surface area contributed by atoms with E-state index in [1.807, 2.05) is 0 Å². The van der Waals surface area contributed by atoms with Crippen LogP contribution in [0.3, 0.4) is 0 Å². The van der Waals surface area contributed by atoms with E-state index >= 15 is 0 Å². The third kappa shape index (κ3) is 3.14. The lowest BCUT2D eigenvalue weighted by molar-refractivity contribution is 0.281. The molecule has 12 heavy (non-hydrogen) atoms. The van der Waals surface area contributed by atoms with Gasteiger partial charge in [-0.2, -0.15) is 0 Å². The summed E-state index contributed by atoms with van der Waals surface area (Å²) in [5, 5.41) is 0. The molecule has 0 radical (unpaired) electrons. The Bertz CT molecular complexity index is 112. The highest BCUT2D eigenvalue weighted by molar-refractivity contribution is 4.68. The van der Waals surface area contributed by atoms with E-state index in [1.54, 1.807) is 0 Å². The molecular weight excluding hydrogens is 146 g/mol. The van der Waals surface area contributed by atoms with Gasteiger partial charge in [0.15, 0.2) is 0 Å². The number of rotatable bonds is 4. The molecule has 1 fully saturated rings. The normalized spacial score (nSPS) is 22.0. The first-order valence-corrected chi connectivity index (χ1v) is 5.42. The fourth-order valence-corrected chi connectivity index (χ4v) is 1.73. The first-order chi connectivity index (χ1) is 5.70. The van der Waals surface area contributed by atoms with Gasteiger partial charge >= 0.3 is 0 Å². The van der Waals surface area contributed by atoms with Crippen molar-refractivity contribution in [2.45, 2.75) is 40.0 Å². The van der Waals surface area contributed by atoms with Crippen LogP contribution >= 0.6 is 0 Å². The maximum atomic E-state index is 2.61. The first-order valence-electron chi connectivity index (χ1n) is 5.42. The zero-order valence-electron chi connectivity index (χ0n) is 8.84. The van der Waals surface area contributed by atoms with Crippen molar-refractivity contribution in [3.8, 4) is 0 Å². The van der Waals surface area contributed by atoms with Crippen molar-refractivity contribution in [1.29, 1.82) is 0 Å². The maximum Gasteiger partial charge on any atom is -0.00161 e. The summed E-state index contributed by atoms with van der Waals surface area (Å²) in [6.07, 6.45) is 4.24. The Kier molecular flexibility index (Phi) is 4.07. The molecule has 0 aromatic rings. The summed E-state index contributed by atoms with van der Waals surface area (Å²) in [6, 6.07) is 0. The first kappa shape index (κ1) is 10.0. The average molecular weight is 169 g/mol. The minimum Gasteiger partial charge on any atom is -0.303 e. The van der Waals surface area contributed by atoms with Gasteiger partial charge in [0.05, 0.1) is 0 Å². The number of likely N-dealkylation sites (tertiary alicyclic amines) is 1. The van der Waals surface area contributed by atoms with Gasteiger partial charge in [-0.1, -0.05) is 20.8 Å². The van der Waals surface area contributed by atoms with Gasteiger partial charge in [0.2, 0.25) is 0 Å². The van der Waals surface area contributed by atoms with E-state index in [0.717, 1.165) is 11.8 Å². The average Bonchev–Trinajstić information content (AvgIpc) is 2.51. The molecule has 0 aliphatic carbocycles. The highest BCUT2D eigenvalue weighted by atomic mass is 15.1. The van der Waals surface area contributed by atoms with Gasteiger partial charge < -0.3 is 4.90 Å². The molecule has 1 heteroatoms. The monoisotopic (exact) mass is 169 g/mol. The lowest BCUT2D eigenvalue weighted by atomic mass is 9.95. The Balaban J connectivity index is 2.07. The van der Waals surface area contributed by atoms with E-state index in [-0.39, 0.29) is 0 Å². The molecule has 0 spiro atoms. The molecule has 0 amide bonds. The Hall–Kier alpha value is -0.0400. The van der Waals surface area contributed by atoms with Crippen molar-refractivity contribution in [2.24, 2.45) is 11.8 Å². The molecule has 0 aromatic heterocycles. The van der Waals surface area contributed by atoms with Crippen LogP contribution in [0.4, 0.5) is 0 Å². The van der Waals surface area contributed by atoms with E-state index < -0.39 is 0 Å². The SMILES string of the molecule is CC(C)C(C)CCN1CCCC1. The van der Waals surface area contributed by atoms with Crippen LogP contribution in [0.1, 0.15) is 40.0 Å². The second-order valence-electron chi connectivity index (χ2n) is 4.56. The van der Waals surface area contributed by atoms with Crippen molar-refractivity contribution in [2.75, 3.05) is 19.6 Å². The molecule has 1 aliphatic rings. The van der Waals surface area contributed by atoms with Gasteiger partial charge in [-0.15, -0.1) is 0 Å². The molecule has 0 N–H and O–H groups in total. The minimum absolute atomic E-state index is 0.854. The molecule has 1 unspecified atom stereocenters. The van der Waals surface area contributed by atoms with Gasteiger partial charge in [0.25, 0.3) is 0 Å².